The average Bonchev–Trinajstić information content (AvgIpc) is 3.44. The number of aromatic nitrogens is 2. The topological polar surface area (TPSA) is 52.2 Å². The number of amides is 1. The number of H-pyrrole nitrogens is 1. The van der Waals surface area contributed by atoms with Crippen molar-refractivity contribution in [2.24, 2.45) is 5.92 Å². The van der Waals surface area contributed by atoms with E-state index in [2.05, 4.69) is 51.2 Å². The number of carbonyl (C=O) groups excluding carboxylic acids is 1. The molecule has 0 radical (unpaired) electrons. The van der Waals surface area contributed by atoms with Crippen molar-refractivity contribution in [2.75, 3.05) is 19.6 Å². The summed E-state index contributed by atoms with van der Waals surface area (Å²) in [6, 6.07) is 9.79. The Morgan fingerprint density at radius 3 is 2.68 bits per heavy atom. The van der Waals surface area contributed by atoms with Crippen molar-refractivity contribution in [3.8, 4) is 0 Å². The minimum Gasteiger partial charge on any atom is -0.332 e. The first-order chi connectivity index (χ1) is 13.7. The van der Waals surface area contributed by atoms with Crippen molar-refractivity contribution in [1.82, 2.24) is 20.0 Å². The van der Waals surface area contributed by atoms with Crippen LogP contribution in [0.2, 0.25) is 0 Å². The zero-order valence-corrected chi connectivity index (χ0v) is 16.5. The Kier molecular flexibility index (Phi) is 3.70. The fourth-order valence-electron chi connectivity index (χ4n) is 6.39. The van der Waals surface area contributed by atoms with Gasteiger partial charge in [-0.1, -0.05) is 29.8 Å². The molecule has 0 spiro atoms. The highest BCUT2D eigenvalue weighted by Crippen LogP contribution is 2.47. The fourth-order valence-corrected chi connectivity index (χ4v) is 6.39. The van der Waals surface area contributed by atoms with E-state index in [1.165, 1.54) is 48.3 Å². The molecular weight excluding hydrogens is 348 g/mol. The maximum Gasteiger partial charge on any atom is 0.274 e. The Hall–Kier alpha value is -2.14. The van der Waals surface area contributed by atoms with Crippen LogP contribution >= 0.6 is 0 Å². The van der Waals surface area contributed by atoms with Gasteiger partial charge in [-0.2, -0.15) is 5.10 Å². The van der Waals surface area contributed by atoms with Crippen molar-refractivity contribution in [2.45, 2.75) is 57.0 Å². The normalized spacial score (nSPS) is 33.2. The van der Waals surface area contributed by atoms with Crippen LogP contribution in [0.1, 0.15) is 58.1 Å². The molecule has 1 amide bonds. The predicted molar refractivity (Wildman–Crippen MR) is 107 cm³/mol. The molecule has 2 aromatic rings. The predicted octanol–water partition coefficient (Wildman–Crippen LogP) is 2.91. The lowest BCUT2D eigenvalue weighted by Crippen LogP contribution is -2.60. The Morgan fingerprint density at radius 1 is 1.11 bits per heavy atom. The molecule has 0 saturated carbocycles. The molecular formula is C23H28N4O. The van der Waals surface area contributed by atoms with Gasteiger partial charge in [-0.3, -0.25) is 14.8 Å². The van der Waals surface area contributed by atoms with E-state index in [0.717, 1.165) is 25.8 Å². The molecule has 1 aromatic heterocycles. The van der Waals surface area contributed by atoms with Gasteiger partial charge in [0.25, 0.3) is 5.91 Å². The van der Waals surface area contributed by atoms with Crippen LogP contribution in [0, 0.1) is 12.8 Å². The minimum atomic E-state index is 0.165. The number of carbonyl (C=O) groups is 1. The molecule has 5 nitrogen and oxygen atoms in total. The number of nitrogens with zero attached hydrogens (tertiary/aromatic N) is 3. The third kappa shape index (κ3) is 2.35. The Morgan fingerprint density at radius 2 is 1.89 bits per heavy atom. The lowest BCUT2D eigenvalue weighted by atomic mass is 9.75. The molecule has 2 bridgehead atoms. The van der Waals surface area contributed by atoms with Gasteiger partial charge in [-0.15, -0.1) is 0 Å². The Labute approximate surface area is 166 Å². The summed E-state index contributed by atoms with van der Waals surface area (Å²) in [4.78, 5) is 18.5. The van der Waals surface area contributed by atoms with Crippen LogP contribution in [0.3, 0.4) is 0 Å². The number of aromatic amines is 1. The SMILES string of the molecule is Cc1ccc([C@@H]2CN(C(=O)c3n[nH]c4c3CCC4)[C@H]3C4CCN(CC4)[C@@H]23)cc1. The van der Waals surface area contributed by atoms with E-state index in [-0.39, 0.29) is 5.91 Å². The summed E-state index contributed by atoms with van der Waals surface area (Å²) in [5.74, 6) is 1.21. The second kappa shape index (κ2) is 6.18. The number of hydrogen-bond acceptors (Lipinski definition) is 3. The number of rotatable bonds is 2. The summed E-state index contributed by atoms with van der Waals surface area (Å²) in [5.41, 5.74) is 5.75. The Bertz CT molecular complexity index is 909. The summed E-state index contributed by atoms with van der Waals surface area (Å²) >= 11 is 0. The lowest BCUT2D eigenvalue weighted by molar-refractivity contribution is -0.00361. The number of likely N-dealkylation sites (tertiary alicyclic amines) is 1. The van der Waals surface area contributed by atoms with Crippen molar-refractivity contribution < 1.29 is 4.79 Å². The summed E-state index contributed by atoms with van der Waals surface area (Å²) in [7, 11) is 0. The molecule has 5 aliphatic rings. The minimum absolute atomic E-state index is 0.165. The van der Waals surface area contributed by atoms with Crippen LogP contribution in [-0.4, -0.2) is 57.6 Å². The maximum absolute atomic E-state index is 13.7. The molecule has 0 unspecified atom stereocenters. The van der Waals surface area contributed by atoms with Gasteiger partial charge in [0.05, 0.1) is 6.04 Å². The quantitative estimate of drug-likeness (QED) is 0.877. The number of benzene rings is 1. The molecule has 1 aromatic carbocycles. The zero-order chi connectivity index (χ0) is 18.8. The van der Waals surface area contributed by atoms with E-state index in [1.54, 1.807) is 0 Å². The van der Waals surface area contributed by atoms with Gasteiger partial charge in [0, 0.05) is 29.8 Å². The first kappa shape index (κ1) is 16.8. The molecule has 4 fully saturated rings. The number of piperidine rings is 3. The first-order valence-electron chi connectivity index (χ1n) is 10.9. The first-order valence-corrected chi connectivity index (χ1v) is 10.9. The lowest BCUT2D eigenvalue weighted by Gasteiger charge is -2.51. The summed E-state index contributed by atoms with van der Waals surface area (Å²) in [5, 5.41) is 7.60. The largest absolute Gasteiger partial charge is 0.332 e. The zero-order valence-electron chi connectivity index (χ0n) is 16.5. The molecule has 1 aliphatic carbocycles. The summed E-state index contributed by atoms with van der Waals surface area (Å²) in [6.07, 6.45) is 5.61. The standard InChI is InChI=1S/C23H28N4O/c1-14-5-7-15(8-6-14)18-13-27(21-16-9-11-26(12-10-16)22(18)21)23(28)20-17-3-2-4-19(17)24-25-20/h5-8,16,18,21-22H,2-4,9-13H2,1H3,(H,24,25)/t18-,21-,22-/m0/s1. The highest BCUT2D eigenvalue weighted by molar-refractivity contribution is 5.95. The number of hydrogen-bond donors (Lipinski definition) is 1. The van der Waals surface area contributed by atoms with Gasteiger partial charge in [0.1, 0.15) is 0 Å². The molecule has 28 heavy (non-hydrogen) atoms. The molecule has 4 saturated heterocycles. The van der Waals surface area contributed by atoms with Crippen LogP contribution in [0.15, 0.2) is 24.3 Å². The van der Waals surface area contributed by atoms with Crippen LogP contribution in [0.4, 0.5) is 0 Å². The molecule has 7 rings (SSSR count). The van der Waals surface area contributed by atoms with Gasteiger partial charge in [-0.05, 0) is 63.6 Å². The maximum atomic E-state index is 13.7. The summed E-state index contributed by atoms with van der Waals surface area (Å²) < 4.78 is 0. The van der Waals surface area contributed by atoms with Crippen molar-refractivity contribution in [3.05, 3.63) is 52.3 Å². The van der Waals surface area contributed by atoms with E-state index < -0.39 is 0 Å². The Balaban J connectivity index is 1.38. The monoisotopic (exact) mass is 376 g/mol. The molecule has 5 heterocycles. The number of fused-ring (bicyclic) bond motifs is 3. The molecule has 1 N–H and O–H groups in total. The third-order valence-electron chi connectivity index (χ3n) is 7.77. The highest BCUT2D eigenvalue weighted by Gasteiger charge is 2.55. The third-order valence-corrected chi connectivity index (χ3v) is 7.77. The van der Waals surface area contributed by atoms with E-state index in [1.807, 2.05) is 0 Å². The van der Waals surface area contributed by atoms with E-state index in [0.29, 0.717) is 29.6 Å². The van der Waals surface area contributed by atoms with Gasteiger partial charge in [0.15, 0.2) is 5.69 Å². The summed E-state index contributed by atoms with van der Waals surface area (Å²) in [6.45, 7) is 5.34. The van der Waals surface area contributed by atoms with E-state index in [9.17, 15) is 4.79 Å². The van der Waals surface area contributed by atoms with E-state index in [4.69, 9.17) is 0 Å². The number of nitrogens with one attached hydrogen (secondary N) is 1. The van der Waals surface area contributed by atoms with Crippen LogP contribution in [0.25, 0.3) is 0 Å². The second-order valence-corrected chi connectivity index (χ2v) is 9.21. The molecule has 5 heteroatoms. The highest BCUT2D eigenvalue weighted by atomic mass is 16.2. The van der Waals surface area contributed by atoms with Gasteiger partial charge in [-0.25, -0.2) is 0 Å². The van der Waals surface area contributed by atoms with Gasteiger partial charge in [0.2, 0.25) is 0 Å². The van der Waals surface area contributed by atoms with Crippen LogP contribution in [0.5, 0.6) is 0 Å². The average molecular weight is 377 g/mol. The van der Waals surface area contributed by atoms with E-state index >= 15 is 0 Å². The van der Waals surface area contributed by atoms with Crippen LogP contribution in [-0.2, 0) is 12.8 Å². The molecule has 146 valence electrons. The molecule has 4 aliphatic heterocycles. The van der Waals surface area contributed by atoms with Crippen LogP contribution < -0.4 is 0 Å². The second-order valence-electron chi connectivity index (χ2n) is 9.21. The van der Waals surface area contributed by atoms with Gasteiger partial charge < -0.3 is 4.90 Å². The van der Waals surface area contributed by atoms with Gasteiger partial charge >= 0.3 is 0 Å². The van der Waals surface area contributed by atoms with Crippen molar-refractivity contribution >= 4 is 5.91 Å². The number of aryl methyl sites for hydroxylation is 2. The molecule has 3 atom stereocenters. The van der Waals surface area contributed by atoms with Crippen molar-refractivity contribution in [3.63, 3.8) is 0 Å². The van der Waals surface area contributed by atoms with Crippen molar-refractivity contribution in [1.29, 1.82) is 0 Å². The smallest absolute Gasteiger partial charge is 0.274 e. The fraction of sp³-hybridized carbons (Fsp3) is 0.565.